The van der Waals surface area contributed by atoms with Gasteiger partial charge in [-0.1, -0.05) is 48.5 Å². The van der Waals surface area contributed by atoms with E-state index >= 15 is 0 Å². The molecule has 0 saturated heterocycles. The highest BCUT2D eigenvalue weighted by atomic mass is 28.3. The molecule has 0 aliphatic rings. The Morgan fingerprint density at radius 1 is 0.333 bits per heavy atom. The molecule has 0 spiro atoms. The van der Waals surface area contributed by atoms with Crippen LogP contribution < -0.4 is 20.7 Å². The van der Waals surface area contributed by atoms with E-state index in [1.54, 1.807) is 0 Å². The van der Waals surface area contributed by atoms with Gasteiger partial charge in [-0.25, -0.2) is 0 Å². The van der Waals surface area contributed by atoms with E-state index in [9.17, 15) is 21.0 Å². The lowest BCUT2D eigenvalue weighted by molar-refractivity contribution is 1.48. The van der Waals surface area contributed by atoms with Crippen LogP contribution in [-0.4, -0.2) is 8.07 Å². The zero-order valence-electron chi connectivity index (χ0n) is 17.5. The quantitative estimate of drug-likeness (QED) is 0.363. The molecule has 0 amide bonds. The molecule has 0 unspecified atom stereocenters. The Kier molecular flexibility index (Phi) is 5.84. The maximum Gasteiger partial charge on any atom is 0.179 e. The lowest BCUT2D eigenvalue weighted by atomic mass is 10.2. The van der Waals surface area contributed by atoms with Crippen molar-refractivity contribution in [2.45, 2.75) is 0 Å². The topological polar surface area (TPSA) is 95.2 Å². The minimum Gasteiger partial charge on any atom is -0.192 e. The molecule has 4 aromatic carbocycles. The first-order valence-corrected chi connectivity index (χ1v) is 12.2. The Bertz CT molecular complexity index is 1220. The standard InChI is InChI=1S/C28H16N4Si/c29-17-21-1-9-25(10-2-21)33(26-11-3-22(18-30)4-12-26,27-13-5-23(19-31)6-14-27)28-15-7-24(20-32)8-16-28/h1-16H. The molecule has 0 radical (unpaired) electrons. The predicted molar refractivity (Wildman–Crippen MR) is 129 cm³/mol. The van der Waals surface area contributed by atoms with Crippen molar-refractivity contribution in [1.29, 1.82) is 21.0 Å². The van der Waals surface area contributed by atoms with Crippen LogP contribution in [-0.2, 0) is 0 Å². The number of nitrogens with zero attached hydrogens (tertiary/aromatic N) is 4. The zero-order valence-corrected chi connectivity index (χ0v) is 18.5. The highest BCUT2D eigenvalue weighted by molar-refractivity contribution is 7.19. The molecule has 5 heteroatoms. The lowest BCUT2D eigenvalue weighted by Gasteiger charge is -2.34. The summed E-state index contributed by atoms with van der Waals surface area (Å²) in [5.41, 5.74) is 2.28. The molecule has 4 aromatic rings. The Morgan fingerprint density at radius 2 is 0.515 bits per heavy atom. The van der Waals surface area contributed by atoms with Crippen LogP contribution in [0.3, 0.4) is 0 Å². The van der Waals surface area contributed by atoms with Gasteiger partial charge in [-0.2, -0.15) is 21.0 Å². The van der Waals surface area contributed by atoms with Crippen LogP contribution >= 0.6 is 0 Å². The molecule has 0 fully saturated rings. The average Bonchev–Trinajstić information content (AvgIpc) is 2.90. The van der Waals surface area contributed by atoms with Gasteiger partial charge in [0.1, 0.15) is 0 Å². The summed E-state index contributed by atoms with van der Waals surface area (Å²) in [7, 11) is -2.88. The fourth-order valence-electron chi connectivity index (χ4n) is 4.18. The summed E-state index contributed by atoms with van der Waals surface area (Å²) in [6.45, 7) is 0. The van der Waals surface area contributed by atoms with Crippen molar-refractivity contribution in [3.63, 3.8) is 0 Å². The molecule has 0 atom stereocenters. The van der Waals surface area contributed by atoms with Crippen LogP contribution in [0.25, 0.3) is 0 Å². The zero-order chi connectivity index (χ0) is 23.3. The van der Waals surface area contributed by atoms with E-state index in [0.29, 0.717) is 22.3 Å². The Hall–Kier alpha value is -4.94. The lowest BCUT2D eigenvalue weighted by Crippen LogP contribution is -2.74. The van der Waals surface area contributed by atoms with E-state index in [0.717, 1.165) is 20.7 Å². The van der Waals surface area contributed by atoms with Gasteiger partial charge in [0.25, 0.3) is 0 Å². The molecule has 4 rings (SSSR count). The summed E-state index contributed by atoms with van der Waals surface area (Å²) in [4.78, 5) is 0. The van der Waals surface area contributed by atoms with Crippen molar-refractivity contribution in [2.24, 2.45) is 0 Å². The minimum absolute atomic E-state index is 0.570. The third kappa shape index (κ3) is 3.78. The van der Waals surface area contributed by atoms with E-state index in [1.165, 1.54) is 0 Å². The van der Waals surface area contributed by atoms with Gasteiger partial charge in [0.15, 0.2) is 8.07 Å². The molecule has 0 heterocycles. The fourth-order valence-corrected chi connectivity index (χ4v) is 8.85. The Morgan fingerprint density at radius 3 is 0.667 bits per heavy atom. The second kappa shape index (κ2) is 9.05. The van der Waals surface area contributed by atoms with Crippen LogP contribution in [0, 0.1) is 45.3 Å². The molecule has 0 saturated carbocycles. The molecule has 152 valence electrons. The van der Waals surface area contributed by atoms with Gasteiger partial charge in [0.2, 0.25) is 0 Å². The fraction of sp³-hybridized carbons (Fsp3) is 0. The number of hydrogen-bond donors (Lipinski definition) is 0. The van der Waals surface area contributed by atoms with E-state index in [-0.39, 0.29) is 0 Å². The van der Waals surface area contributed by atoms with Crippen LogP contribution in [0.1, 0.15) is 22.3 Å². The highest BCUT2D eigenvalue weighted by Crippen LogP contribution is 2.12. The number of hydrogen-bond acceptors (Lipinski definition) is 4. The van der Waals surface area contributed by atoms with Crippen LogP contribution in [0.2, 0.25) is 0 Å². The van der Waals surface area contributed by atoms with Gasteiger partial charge >= 0.3 is 0 Å². The van der Waals surface area contributed by atoms with Gasteiger partial charge in [-0.15, -0.1) is 0 Å². The number of rotatable bonds is 4. The summed E-state index contributed by atoms with van der Waals surface area (Å²) < 4.78 is 0. The molecule has 0 aliphatic carbocycles. The minimum atomic E-state index is -2.88. The second-order valence-electron chi connectivity index (χ2n) is 7.51. The molecule has 0 aliphatic heterocycles. The van der Waals surface area contributed by atoms with Gasteiger partial charge in [0, 0.05) is 0 Å². The normalized spacial score (nSPS) is 10.3. The van der Waals surface area contributed by atoms with Crippen molar-refractivity contribution < 1.29 is 0 Å². The number of nitriles is 4. The van der Waals surface area contributed by atoms with Crippen LogP contribution in [0.5, 0.6) is 0 Å². The van der Waals surface area contributed by atoms with Crippen molar-refractivity contribution in [3.05, 3.63) is 119 Å². The first-order valence-electron chi connectivity index (χ1n) is 10.2. The van der Waals surface area contributed by atoms with E-state index in [2.05, 4.69) is 24.3 Å². The molecular formula is C28H16N4Si. The maximum atomic E-state index is 9.32. The van der Waals surface area contributed by atoms with E-state index in [1.807, 2.05) is 97.1 Å². The molecule has 33 heavy (non-hydrogen) atoms. The summed E-state index contributed by atoms with van der Waals surface area (Å²) in [6, 6.07) is 39.1. The molecule has 0 N–H and O–H groups in total. The van der Waals surface area contributed by atoms with Gasteiger partial charge in [0.05, 0.1) is 46.5 Å². The van der Waals surface area contributed by atoms with Gasteiger partial charge < -0.3 is 0 Å². The van der Waals surface area contributed by atoms with E-state index < -0.39 is 8.07 Å². The van der Waals surface area contributed by atoms with Crippen molar-refractivity contribution in [1.82, 2.24) is 0 Å². The molecule has 0 bridgehead atoms. The van der Waals surface area contributed by atoms with E-state index in [4.69, 9.17) is 0 Å². The molecule has 0 aromatic heterocycles. The predicted octanol–water partition coefficient (Wildman–Crippen LogP) is 2.55. The van der Waals surface area contributed by atoms with Gasteiger partial charge in [-0.3, -0.25) is 0 Å². The summed E-state index contributed by atoms with van der Waals surface area (Å²) in [6.07, 6.45) is 0. The summed E-state index contributed by atoms with van der Waals surface area (Å²) >= 11 is 0. The Balaban J connectivity index is 2.11. The van der Waals surface area contributed by atoms with Crippen molar-refractivity contribution in [3.8, 4) is 24.3 Å². The van der Waals surface area contributed by atoms with Gasteiger partial charge in [-0.05, 0) is 69.3 Å². The SMILES string of the molecule is N#Cc1ccc([Si](c2ccc(C#N)cc2)(c2ccc(C#N)cc2)c2ccc(C#N)cc2)cc1. The third-order valence-electron chi connectivity index (χ3n) is 5.79. The molecular weight excluding hydrogens is 420 g/mol. The van der Waals surface area contributed by atoms with Crippen LogP contribution in [0.15, 0.2) is 97.1 Å². The highest BCUT2D eigenvalue weighted by Gasteiger charge is 2.41. The number of benzene rings is 4. The first kappa shape index (κ1) is 21.3. The first-order chi connectivity index (χ1) is 16.1. The van der Waals surface area contributed by atoms with Crippen molar-refractivity contribution in [2.75, 3.05) is 0 Å². The maximum absolute atomic E-state index is 9.32. The molecule has 4 nitrogen and oxygen atoms in total. The second-order valence-corrected chi connectivity index (χ2v) is 11.3. The smallest absolute Gasteiger partial charge is 0.179 e. The summed E-state index contributed by atoms with van der Waals surface area (Å²) in [5.74, 6) is 0. The average molecular weight is 437 g/mol. The van der Waals surface area contributed by atoms with Crippen molar-refractivity contribution >= 4 is 28.8 Å². The largest absolute Gasteiger partial charge is 0.192 e. The summed E-state index contributed by atoms with van der Waals surface area (Å²) in [5, 5.41) is 41.5. The monoisotopic (exact) mass is 436 g/mol. The Labute approximate surface area is 193 Å². The third-order valence-corrected chi connectivity index (χ3v) is 10.6. The van der Waals surface area contributed by atoms with Crippen LogP contribution in [0.4, 0.5) is 0 Å².